The maximum Gasteiger partial charge on any atom is 0.225 e. The molecule has 0 bridgehead atoms. The van der Waals surface area contributed by atoms with Gasteiger partial charge < -0.3 is 15.5 Å². The molecule has 2 heterocycles. The summed E-state index contributed by atoms with van der Waals surface area (Å²) in [4.78, 5) is 24.1. The number of hydrogen-bond acceptors (Lipinski definition) is 6. The summed E-state index contributed by atoms with van der Waals surface area (Å²) in [6.45, 7) is 0.755. The number of para-hydroxylation sites is 1. The van der Waals surface area contributed by atoms with Crippen molar-refractivity contribution < 1.29 is 4.79 Å². The topological polar surface area (TPSA) is 70.2 Å². The molecular weight excluding hydrogens is 442 g/mol. The number of benzene rings is 2. The molecule has 0 unspecified atom stereocenters. The standard InChI is InChI=1S/C27H31N5OS/c1-32(2)26-22-8-3-5-9-23(22)30-27(31-26)29-20-13-11-18(12-14-20)16-28-25(33)15-19-17-34-24-10-6-4-7-21(19)24/h3-10,17-18,20H,11-16H2,1-2H3,(H,28,33)(H,29,30,31). The van der Waals surface area contributed by atoms with Crippen LogP contribution in [0.25, 0.3) is 21.0 Å². The van der Waals surface area contributed by atoms with Crippen LogP contribution < -0.4 is 15.5 Å². The van der Waals surface area contributed by atoms with Crippen LogP contribution in [0, 0.1) is 5.92 Å². The Balaban J connectivity index is 1.12. The summed E-state index contributed by atoms with van der Waals surface area (Å²) < 4.78 is 1.24. The number of carbonyl (C=O) groups excluding carboxylic acids is 1. The Hall–Kier alpha value is -3.19. The molecule has 1 fully saturated rings. The van der Waals surface area contributed by atoms with Crippen molar-refractivity contribution in [1.29, 1.82) is 0 Å². The fourth-order valence-corrected chi connectivity index (χ4v) is 5.78. The highest BCUT2D eigenvalue weighted by molar-refractivity contribution is 7.17. The molecule has 0 saturated heterocycles. The molecule has 0 radical (unpaired) electrons. The van der Waals surface area contributed by atoms with Crippen molar-refractivity contribution in [3.63, 3.8) is 0 Å². The van der Waals surface area contributed by atoms with Crippen LogP contribution >= 0.6 is 11.3 Å². The molecule has 4 aromatic rings. The van der Waals surface area contributed by atoms with Crippen LogP contribution in [0.3, 0.4) is 0 Å². The quantitative estimate of drug-likeness (QED) is 0.384. The van der Waals surface area contributed by atoms with E-state index in [2.05, 4.69) is 34.2 Å². The van der Waals surface area contributed by atoms with Crippen molar-refractivity contribution in [1.82, 2.24) is 15.3 Å². The van der Waals surface area contributed by atoms with Gasteiger partial charge in [-0.15, -0.1) is 11.3 Å². The Labute approximate surface area is 204 Å². The lowest BCUT2D eigenvalue weighted by molar-refractivity contribution is -0.120. The molecule has 2 aromatic heterocycles. The van der Waals surface area contributed by atoms with Gasteiger partial charge in [-0.3, -0.25) is 4.79 Å². The summed E-state index contributed by atoms with van der Waals surface area (Å²) in [5.41, 5.74) is 2.08. The van der Waals surface area contributed by atoms with Gasteiger partial charge in [0.2, 0.25) is 11.9 Å². The second-order valence-electron chi connectivity index (χ2n) is 9.38. The fourth-order valence-electron chi connectivity index (χ4n) is 4.82. The molecule has 2 aromatic carbocycles. The SMILES string of the molecule is CN(C)c1nc(NC2CCC(CNC(=O)Cc3csc4ccccc34)CC2)nc2ccccc12. The Morgan fingerprint density at radius 2 is 1.74 bits per heavy atom. The summed E-state index contributed by atoms with van der Waals surface area (Å²) in [6, 6.07) is 16.8. The van der Waals surface area contributed by atoms with Gasteiger partial charge in [-0.25, -0.2) is 4.98 Å². The van der Waals surface area contributed by atoms with E-state index in [1.54, 1.807) is 11.3 Å². The Morgan fingerprint density at radius 3 is 2.53 bits per heavy atom. The highest BCUT2D eigenvalue weighted by Gasteiger charge is 2.23. The normalized spacial score (nSPS) is 18.2. The van der Waals surface area contributed by atoms with E-state index in [1.807, 2.05) is 49.3 Å². The molecular formula is C27H31N5OS. The van der Waals surface area contributed by atoms with E-state index in [9.17, 15) is 4.79 Å². The van der Waals surface area contributed by atoms with Gasteiger partial charge in [0.05, 0.1) is 11.9 Å². The molecule has 2 N–H and O–H groups in total. The van der Waals surface area contributed by atoms with Crippen LogP contribution in [0.1, 0.15) is 31.2 Å². The van der Waals surface area contributed by atoms with Crippen LogP contribution in [0.4, 0.5) is 11.8 Å². The number of thiophene rings is 1. The van der Waals surface area contributed by atoms with Gasteiger partial charge in [-0.1, -0.05) is 30.3 Å². The van der Waals surface area contributed by atoms with E-state index in [1.165, 1.54) is 10.1 Å². The first-order valence-corrected chi connectivity index (χ1v) is 12.9. The van der Waals surface area contributed by atoms with Crippen LogP contribution in [0.5, 0.6) is 0 Å². The van der Waals surface area contributed by atoms with Gasteiger partial charge in [-0.05, 0) is 66.1 Å². The minimum Gasteiger partial charge on any atom is -0.362 e. The Bertz CT molecular complexity index is 1290. The predicted molar refractivity (Wildman–Crippen MR) is 142 cm³/mol. The highest BCUT2D eigenvalue weighted by atomic mass is 32.1. The summed E-state index contributed by atoms with van der Waals surface area (Å²) in [6.07, 6.45) is 4.75. The van der Waals surface area contributed by atoms with Crippen molar-refractivity contribution >= 4 is 50.0 Å². The molecule has 1 saturated carbocycles. The predicted octanol–water partition coefficient (Wildman–Crippen LogP) is 5.24. The van der Waals surface area contributed by atoms with Crippen molar-refractivity contribution in [2.24, 2.45) is 5.92 Å². The van der Waals surface area contributed by atoms with Gasteiger partial charge in [0.15, 0.2) is 0 Å². The molecule has 0 spiro atoms. The van der Waals surface area contributed by atoms with Crippen LogP contribution in [0.2, 0.25) is 0 Å². The van der Waals surface area contributed by atoms with Gasteiger partial charge in [0.25, 0.3) is 0 Å². The number of carbonyl (C=O) groups is 1. The third-order valence-electron chi connectivity index (χ3n) is 6.69. The lowest BCUT2D eigenvalue weighted by Crippen LogP contribution is -2.34. The van der Waals surface area contributed by atoms with E-state index in [4.69, 9.17) is 9.97 Å². The van der Waals surface area contributed by atoms with Crippen molar-refractivity contribution in [2.75, 3.05) is 30.9 Å². The maximum atomic E-state index is 12.6. The molecule has 0 aliphatic heterocycles. The summed E-state index contributed by atoms with van der Waals surface area (Å²) in [7, 11) is 4.03. The summed E-state index contributed by atoms with van der Waals surface area (Å²) in [5.74, 6) is 2.27. The zero-order valence-corrected chi connectivity index (χ0v) is 20.6. The fraction of sp³-hybridized carbons (Fsp3) is 0.370. The first kappa shape index (κ1) is 22.6. The molecule has 1 aliphatic carbocycles. The van der Waals surface area contributed by atoms with Crippen molar-refractivity contribution in [2.45, 2.75) is 38.1 Å². The summed E-state index contributed by atoms with van der Waals surface area (Å²) >= 11 is 1.71. The second-order valence-corrected chi connectivity index (χ2v) is 10.3. The minimum atomic E-state index is 0.115. The first-order chi connectivity index (χ1) is 16.6. The van der Waals surface area contributed by atoms with Crippen molar-refractivity contribution in [3.05, 3.63) is 59.5 Å². The van der Waals surface area contributed by atoms with Gasteiger partial charge in [0.1, 0.15) is 5.82 Å². The zero-order valence-electron chi connectivity index (χ0n) is 19.8. The molecule has 34 heavy (non-hydrogen) atoms. The monoisotopic (exact) mass is 473 g/mol. The average Bonchev–Trinajstić information content (AvgIpc) is 3.26. The molecule has 176 valence electrons. The molecule has 6 nitrogen and oxygen atoms in total. The number of anilines is 2. The third kappa shape index (κ3) is 4.99. The number of nitrogens with zero attached hydrogens (tertiary/aromatic N) is 3. The second kappa shape index (κ2) is 9.97. The molecule has 7 heteroatoms. The van der Waals surface area contributed by atoms with Crippen LogP contribution in [0.15, 0.2) is 53.9 Å². The highest BCUT2D eigenvalue weighted by Crippen LogP contribution is 2.29. The molecule has 1 aliphatic rings. The van der Waals surface area contributed by atoms with E-state index in [0.717, 1.165) is 54.5 Å². The average molecular weight is 474 g/mol. The maximum absolute atomic E-state index is 12.6. The van der Waals surface area contributed by atoms with E-state index in [-0.39, 0.29) is 5.91 Å². The number of amides is 1. The Morgan fingerprint density at radius 1 is 1.00 bits per heavy atom. The number of aromatic nitrogens is 2. The smallest absolute Gasteiger partial charge is 0.225 e. The lowest BCUT2D eigenvalue weighted by atomic mass is 9.86. The molecule has 5 rings (SSSR count). The summed E-state index contributed by atoms with van der Waals surface area (Å²) in [5, 5.41) is 11.1. The van der Waals surface area contributed by atoms with Crippen LogP contribution in [-0.2, 0) is 11.2 Å². The third-order valence-corrected chi connectivity index (χ3v) is 7.70. The number of hydrogen-bond donors (Lipinski definition) is 2. The van der Waals surface area contributed by atoms with E-state index in [0.29, 0.717) is 24.3 Å². The van der Waals surface area contributed by atoms with Gasteiger partial charge in [0, 0.05) is 36.8 Å². The van der Waals surface area contributed by atoms with E-state index < -0.39 is 0 Å². The zero-order chi connectivity index (χ0) is 23.5. The lowest BCUT2D eigenvalue weighted by Gasteiger charge is -2.29. The largest absolute Gasteiger partial charge is 0.362 e. The number of nitrogens with one attached hydrogen (secondary N) is 2. The minimum absolute atomic E-state index is 0.115. The van der Waals surface area contributed by atoms with Gasteiger partial charge >= 0.3 is 0 Å². The first-order valence-electron chi connectivity index (χ1n) is 12.0. The molecule has 0 atom stereocenters. The Kier molecular flexibility index (Phi) is 6.63. The van der Waals surface area contributed by atoms with Crippen molar-refractivity contribution in [3.8, 4) is 0 Å². The van der Waals surface area contributed by atoms with E-state index >= 15 is 0 Å². The van der Waals surface area contributed by atoms with Crippen LogP contribution in [-0.4, -0.2) is 42.6 Å². The number of rotatable bonds is 7. The number of fused-ring (bicyclic) bond motifs is 2. The molecule has 1 amide bonds. The van der Waals surface area contributed by atoms with Gasteiger partial charge in [-0.2, -0.15) is 4.98 Å².